The summed E-state index contributed by atoms with van der Waals surface area (Å²) in [4.78, 5) is 36.0. The van der Waals surface area contributed by atoms with Crippen molar-refractivity contribution in [2.24, 2.45) is 0 Å². The lowest BCUT2D eigenvalue weighted by Gasteiger charge is -2.25. The molecule has 114 valence electrons. The smallest absolute Gasteiger partial charge is 0.338 e. The number of carbonyl (C=O) groups is 3. The zero-order valence-corrected chi connectivity index (χ0v) is 11.9. The van der Waals surface area contributed by atoms with Gasteiger partial charge < -0.3 is 9.47 Å². The SMILES string of the molecule is O=C(OCCC1CCO1)c1ccc(N2C(=O)C=CC2=O)cc1. The summed E-state index contributed by atoms with van der Waals surface area (Å²) >= 11 is 0. The molecule has 3 rings (SSSR count). The van der Waals surface area contributed by atoms with E-state index >= 15 is 0 Å². The second-order valence-electron chi connectivity index (χ2n) is 5.10. The van der Waals surface area contributed by atoms with Gasteiger partial charge in [0.15, 0.2) is 0 Å². The number of hydrogen-bond donors (Lipinski definition) is 0. The first-order valence-corrected chi connectivity index (χ1v) is 7.10. The van der Waals surface area contributed by atoms with Crippen molar-refractivity contribution in [3.8, 4) is 0 Å². The van der Waals surface area contributed by atoms with Gasteiger partial charge in [-0.2, -0.15) is 0 Å². The van der Waals surface area contributed by atoms with Gasteiger partial charge in [-0.15, -0.1) is 0 Å². The molecular formula is C16H15NO5. The van der Waals surface area contributed by atoms with Crippen LogP contribution in [0.2, 0.25) is 0 Å². The highest BCUT2D eigenvalue weighted by atomic mass is 16.5. The van der Waals surface area contributed by atoms with Crippen LogP contribution in [0.4, 0.5) is 5.69 Å². The van der Waals surface area contributed by atoms with E-state index in [0.717, 1.165) is 17.9 Å². The third kappa shape index (κ3) is 2.92. The van der Waals surface area contributed by atoms with Crippen molar-refractivity contribution in [3.63, 3.8) is 0 Å². The maximum atomic E-state index is 11.9. The Morgan fingerprint density at radius 2 is 1.82 bits per heavy atom. The molecule has 2 aliphatic rings. The molecule has 1 aromatic rings. The minimum Gasteiger partial charge on any atom is -0.462 e. The van der Waals surface area contributed by atoms with Gasteiger partial charge >= 0.3 is 5.97 Å². The number of anilines is 1. The predicted molar refractivity (Wildman–Crippen MR) is 77.3 cm³/mol. The van der Waals surface area contributed by atoms with Crippen molar-refractivity contribution >= 4 is 23.5 Å². The lowest BCUT2D eigenvalue weighted by Crippen LogP contribution is -2.29. The van der Waals surface area contributed by atoms with Crippen LogP contribution in [0, 0.1) is 0 Å². The van der Waals surface area contributed by atoms with Crippen molar-refractivity contribution < 1.29 is 23.9 Å². The van der Waals surface area contributed by atoms with Crippen molar-refractivity contribution in [3.05, 3.63) is 42.0 Å². The molecule has 2 amide bonds. The third-order valence-electron chi connectivity index (χ3n) is 3.64. The van der Waals surface area contributed by atoms with Gasteiger partial charge in [0.25, 0.3) is 11.8 Å². The molecule has 0 bridgehead atoms. The van der Waals surface area contributed by atoms with Gasteiger partial charge in [-0.3, -0.25) is 9.59 Å². The molecule has 1 atom stereocenters. The van der Waals surface area contributed by atoms with Crippen molar-refractivity contribution in [2.45, 2.75) is 18.9 Å². The molecule has 1 fully saturated rings. The quantitative estimate of drug-likeness (QED) is 0.608. The van der Waals surface area contributed by atoms with Crippen LogP contribution < -0.4 is 4.90 Å². The molecule has 0 aromatic heterocycles. The summed E-state index contributed by atoms with van der Waals surface area (Å²) in [5.74, 6) is -1.20. The van der Waals surface area contributed by atoms with Gasteiger partial charge in [0.1, 0.15) is 0 Å². The van der Waals surface area contributed by atoms with Crippen LogP contribution in [0.5, 0.6) is 0 Å². The summed E-state index contributed by atoms with van der Waals surface area (Å²) in [5.41, 5.74) is 0.810. The van der Waals surface area contributed by atoms with Crippen LogP contribution in [0.25, 0.3) is 0 Å². The van der Waals surface area contributed by atoms with E-state index in [-0.39, 0.29) is 17.9 Å². The van der Waals surface area contributed by atoms with E-state index in [4.69, 9.17) is 9.47 Å². The average Bonchev–Trinajstić information content (AvgIpc) is 2.81. The molecule has 0 N–H and O–H groups in total. The zero-order valence-electron chi connectivity index (χ0n) is 11.9. The van der Waals surface area contributed by atoms with E-state index in [1.165, 1.54) is 24.3 Å². The first-order chi connectivity index (χ1) is 10.6. The van der Waals surface area contributed by atoms with Crippen LogP contribution in [0.1, 0.15) is 23.2 Å². The van der Waals surface area contributed by atoms with Crippen LogP contribution in [-0.2, 0) is 19.1 Å². The highest BCUT2D eigenvalue weighted by molar-refractivity contribution is 6.28. The molecule has 1 unspecified atom stereocenters. The molecular weight excluding hydrogens is 286 g/mol. The van der Waals surface area contributed by atoms with Crippen molar-refractivity contribution in [1.29, 1.82) is 0 Å². The number of carbonyl (C=O) groups excluding carboxylic acids is 3. The minimum atomic E-state index is -0.428. The average molecular weight is 301 g/mol. The van der Waals surface area contributed by atoms with E-state index in [1.807, 2.05) is 0 Å². The maximum absolute atomic E-state index is 11.9. The van der Waals surface area contributed by atoms with E-state index in [9.17, 15) is 14.4 Å². The number of rotatable bonds is 5. The molecule has 0 spiro atoms. The Morgan fingerprint density at radius 3 is 2.36 bits per heavy atom. The van der Waals surface area contributed by atoms with Crippen LogP contribution >= 0.6 is 0 Å². The van der Waals surface area contributed by atoms with Crippen LogP contribution in [0.15, 0.2) is 36.4 Å². The summed E-state index contributed by atoms with van der Waals surface area (Å²) in [6.07, 6.45) is 4.35. The second kappa shape index (κ2) is 6.11. The van der Waals surface area contributed by atoms with Gasteiger partial charge in [0.2, 0.25) is 0 Å². The predicted octanol–water partition coefficient (Wildman–Crippen LogP) is 1.45. The highest BCUT2D eigenvalue weighted by Crippen LogP contribution is 2.20. The summed E-state index contributed by atoms with van der Waals surface area (Å²) < 4.78 is 10.4. The summed E-state index contributed by atoms with van der Waals surface area (Å²) in [7, 11) is 0. The Balaban J connectivity index is 1.57. The summed E-state index contributed by atoms with van der Waals surface area (Å²) in [6, 6.07) is 6.18. The van der Waals surface area contributed by atoms with Crippen LogP contribution in [0.3, 0.4) is 0 Å². The Morgan fingerprint density at radius 1 is 1.18 bits per heavy atom. The van der Waals surface area contributed by atoms with Gasteiger partial charge in [0.05, 0.1) is 24.0 Å². The fourth-order valence-electron chi connectivity index (χ4n) is 2.28. The Labute approximate surface area is 127 Å². The molecule has 2 heterocycles. The number of benzene rings is 1. The van der Waals surface area contributed by atoms with E-state index in [1.54, 1.807) is 12.1 Å². The molecule has 6 heteroatoms. The summed E-state index contributed by atoms with van der Waals surface area (Å²) in [5, 5.41) is 0. The maximum Gasteiger partial charge on any atom is 0.338 e. The number of ether oxygens (including phenoxy) is 2. The molecule has 1 aromatic carbocycles. The number of nitrogens with zero attached hydrogens (tertiary/aromatic N) is 1. The number of esters is 1. The highest BCUT2D eigenvalue weighted by Gasteiger charge is 2.25. The molecule has 22 heavy (non-hydrogen) atoms. The molecule has 0 aliphatic carbocycles. The monoisotopic (exact) mass is 301 g/mol. The van der Waals surface area contributed by atoms with Gasteiger partial charge in [-0.05, 0) is 30.7 Å². The molecule has 1 saturated heterocycles. The first-order valence-electron chi connectivity index (χ1n) is 7.10. The fraction of sp³-hybridized carbons (Fsp3) is 0.312. The first kappa shape index (κ1) is 14.5. The number of amides is 2. The standard InChI is InChI=1S/C16H15NO5/c18-14-5-6-15(19)17(14)12-3-1-11(2-4-12)16(20)22-10-8-13-7-9-21-13/h1-6,13H,7-10H2. The topological polar surface area (TPSA) is 72.9 Å². The third-order valence-corrected chi connectivity index (χ3v) is 3.64. The fourth-order valence-corrected chi connectivity index (χ4v) is 2.28. The van der Waals surface area contributed by atoms with E-state index in [2.05, 4.69) is 0 Å². The number of hydrogen-bond acceptors (Lipinski definition) is 5. The van der Waals surface area contributed by atoms with Gasteiger partial charge in [-0.25, -0.2) is 9.69 Å². The minimum absolute atomic E-state index is 0.204. The molecule has 2 aliphatic heterocycles. The lowest BCUT2D eigenvalue weighted by atomic mass is 10.1. The van der Waals surface area contributed by atoms with Gasteiger partial charge in [0, 0.05) is 25.2 Å². The molecule has 0 radical (unpaired) electrons. The summed E-state index contributed by atoms with van der Waals surface area (Å²) in [6.45, 7) is 1.10. The Kier molecular flexibility index (Phi) is 4.02. The van der Waals surface area contributed by atoms with Crippen molar-refractivity contribution in [1.82, 2.24) is 0 Å². The van der Waals surface area contributed by atoms with E-state index in [0.29, 0.717) is 24.3 Å². The number of imide groups is 1. The Bertz CT molecular complexity index is 612. The largest absolute Gasteiger partial charge is 0.462 e. The normalized spacial score (nSPS) is 20.2. The van der Waals surface area contributed by atoms with Crippen LogP contribution in [-0.4, -0.2) is 37.1 Å². The Hall–Kier alpha value is -2.47. The van der Waals surface area contributed by atoms with Gasteiger partial charge in [-0.1, -0.05) is 0 Å². The molecule has 6 nitrogen and oxygen atoms in total. The zero-order chi connectivity index (χ0) is 15.5. The molecule has 0 saturated carbocycles. The second-order valence-corrected chi connectivity index (χ2v) is 5.10. The lowest BCUT2D eigenvalue weighted by molar-refractivity contribution is -0.119. The van der Waals surface area contributed by atoms with Crippen molar-refractivity contribution in [2.75, 3.05) is 18.1 Å². The van der Waals surface area contributed by atoms with E-state index < -0.39 is 5.97 Å².